The molecule has 1 aliphatic heterocycles. The van der Waals surface area contributed by atoms with E-state index < -0.39 is 28.3 Å². The maximum Gasteiger partial charge on any atom is 0.338 e. The van der Waals surface area contributed by atoms with E-state index in [2.05, 4.69) is 0 Å². The smallest absolute Gasteiger partial charge is 0.338 e. The average Bonchev–Trinajstić information content (AvgIpc) is 3.41. The Hall–Kier alpha value is -5.59. The van der Waals surface area contributed by atoms with Crippen molar-refractivity contribution >= 4 is 46.4 Å². The van der Waals surface area contributed by atoms with Gasteiger partial charge in [-0.15, -0.1) is 0 Å². The van der Waals surface area contributed by atoms with Crippen LogP contribution < -0.4 is 24.4 Å². The van der Waals surface area contributed by atoms with E-state index in [0.717, 1.165) is 11.3 Å². The van der Waals surface area contributed by atoms with Crippen LogP contribution in [0, 0.1) is 15.9 Å². The number of ether oxygens (including phenoxy) is 3. The van der Waals surface area contributed by atoms with Crippen LogP contribution in [0.2, 0.25) is 5.02 Å². The molecule has 0 amide bonds. The van der Waals surface area contributed by atoms with E-state index in [9.17, 15) is 24.1 Å². The van der Waals surface area contributed by atoms with Crippen molar-refractivity contribution in [2.45, 2.75) is 19.6 Å². The third-order valence-corrected chi connectivity index (χ3v) is 8.90. The zero-order chi connectivity index (χ0) is 34.7. The Bertz CT molecular complexity index is 2270. The standard InChI is InChI=1S/C36H27ClFN3O7S/c1-3-47-35(43)30-31(23-7-5-4-6-8-23)39-36-40(32(30)24-11-13-25(38)14-12-24)34(42)29(49-36)19-22-17-27(37)33(28(18-22)46-2)48-20-21-9-15-26(16-10-21)41(44)45/h4-19,32H,3,20H2,1-2H3/b29-19-/t32-/m1/s1. The van der Waals surface area contributed by atoms with Gasteiger partial charge in [0.25, 0.3) is 11.2 Å². The number of methoxy groups -OCH3 is 1. The molecule has 0 unspecified atom stereocenters. The topological polar surface area (TPSA) is 122 Å². The molecule has 0 bridgehead atoms. The van der Waals surface area contributed by atoms with Crippen molar-refractivity contribution in [2.24, 2.45) is 4.99 Å². The molecule has 5 aromatic rings. The van der Waals surface area contributed by atoms with Gasteiger partial charge in [-0.05, 0) is 66.1 Å². The molecule has 13 heteroatoms. The van der Waals surface area contributed by atoms with Crippen LogP contribution in [0.5, 0.6) is 11.5 Å². The molecule has 248 valence electrons. The second kappa shape index (κ2) is 14.3. The second-order valence-corrected chi connectivity index (χ2v) is 12.1. The number of rotatable bonds is 10. The number of aromatic nitrogens is 1. The van der Waals surface area contributed by atoms with Crippen LogP contribution in [0.15, 0.2) is 106 Å². The summed E-state index contributed by atoms with van der Waals surface area (Å²) in [5.41, 5.74) is 2.39. The SMILES string of the molecule is CCOC(=O)C1=C(c2ccccc2)N=c2s/c(=C\c3cc(Cl)c(OCc4ccc([N+](=O)[O-])cc4)c(OC)c3)c(=O)n2[C@@H]1c1ccc(F)cc1. The number of benzene rings is 4. The van der Waals surface area contributed by atoms with Crippen LogP contribution in [0.4, 0.5) is 10.1 Å². The third kappa shape index (κ3) is 6.87. The van der Waals surface area contributed by atoms with Crippen LogP contribution in [0.25, 0.3) is 11.8 Å². The van der Waals surface area contributed by atoms with Crippen LogP contribution in [-0.2, 0) is 16.1 Å². The first kappa shape index (κ1) is 33.3. The molecule has 6 rings (SSSR count). The summed E-state index contributed by atoms with van der Waals surface area (Å²) in [5, 5.41) is 11.2. The van der Waals surface area contributed by atoms with E-state index >= 15 is 0 Å². The molecule has 0 radical (unpaired) electrons. The number of thiazole rings is 1. The molecular weight excluding hydrogens is 673 g/mol. The number of hydrogen-bond donors (Lipinski definition) is 0. The van der Waals surface area contributed by atoms with E-state index in [1.807, 2.05) is 30.3 Å². The first-order valence-electron chi connectivity index (χ1n) is 15.0. The van der Waals surface area contributed by atoms with Gasteiger partial charge in [-0.2, -0.15) is 0 Å². The summed E-state index contributed by atoms with van der Waals surface area (Å²) in [7, 11) is 1.45. The molecule has 49 heavy (non-hydrogen) atoms. The Kier molecular flexibility index (Phi) is 9.70. The van der Waals surface area contributed by atoms with E-state index in [-0.39, 0.29) is 35.2 Å². The van der Waals surface area contributed by atoms with Crippen LogP contribution in [-0.4, -0.2) is 29.2 Å². The average molecular weight is 700 g/mol. The lowest BCUT2D eigenvalue weighted by atomic mass is 9.93. The number of esters is 1. The predicted octanol–water partition coefficient (Wildman–Crippen LogP) is 6.22. The number of nitro groups is 1. The largest absolute Gasteiger partial charge is 0.493 e. The lowest BCUT2D eigenvalue weighted by Gasteiger charge is -2.25. The summed E-state index contributed by atoms with van der Waals surface area (Å²) in [6, 6.07) is 23.0. The zero-order valence-electron chi connectivity index (χ0n) is 26.1. The highest BCUT2D eigenvalue weighted by molar-refractivity contribution is 7.07. The molecule has 0 spiro atoms. The van der Waals surface area contributed by atoms with E-state index in [4.69, 9.17) is 30.8 Å². The lowest BCUT2D eigenvalue weighted by Crippen LogP contribution is -2.40. The van der Waals surface area contributed by atoms with Gasteiger partial charge in [-0.1, -0.05) is 65.4 Å². The zero-order valence-corrected chi connectivity index (χ0v) is 27.7. The lowest BCUT2D eigenvalue weighted by molar-refractivity contribution is -0.384. The minimum atomic E-state index is -0.957. The summed E-state index contributed by atoms with van der Waals surface area (Å²) in [5.74, 6) is -0.556. The van der Waals surface area contributed by atoms with Crippen LogP contribution >= 0.6 is 22.9 Å². The molecule has 0 saturated carbocycles. The number of carbonyl (C=O) groups is 1. The Labute approximate surface area is 287 Å². The van der Waals surface area contributed by atoms with Crippen molar-refractivity contribution < 1.29 is 28.3 Å². The molecule has 0 fully saturated rings. The summed E-state index contributed by atoms with van der Waals surface area (Å²) in [6.45, 7) is 1.86. The maximum absolute atomic E-state index is 14.2. The Morgan fingerprint density at radius 2 is 1.80 bits per heavy atom. The van der Waals surface area contributed by atoms with E-state index in [1.165, 1.54) is 48.1 Å². The molecule has 1 atom stereocenters. The highest BCUT2D eigenvalue weighted by Crippen LogP contribution is 2.38. The van der Waals surface area contributed by atoms with Crippen molar-refractivity contribution in [2.75, 3.05) is 13.7 Å². The molecular formula is C36H27ClFN3O7S. The first-order valence-corrected chi connectivity index (χ1v) is 16.2. The fourth-order valence-electron chi connectivity index (χ4n) is 5.38. The van der Waals surface area contributed by atoms with Crippen molar-refractivity contribution in [1.29, 1.82) is 0 Å². The van der Waals surface area contributed by atoms with Gasteiger partial charge in [-0.3, -0.25) is 19.5 Å². The maximum atomic E-state index is 14.2. The van der Waals surface area contributed by atoms with Gasteiger partial charge in [0, 0.05) is 17.7 Å². The number of fused-ring (bicyclic) bond motifs is 1. The summed E-state index contributed by atoms with van der Waals surface area (Å²) in [4.78, 5) is 43.4. The monoisotopic (exact) mass is 699 g/mol. The molecule has 0 N–H and O–H groups in total. The van der Waals surface area contributed by atoms with E-state index in [1.54, 1.807) is 37.3 Å². The molecule has 4 aromatic carbocycles. The van der Waals surface area contributed by atoms with Crippen molar-refractivity contribution in [3.63, 3.8) is 0 Å². The Morgan fingerprint density at radius 1 is 1.08 bits per heavy atom. The van der Waals surface area contributed by atoms with Gasteiger partial charge in [0.05, 0.1) is 45.5 Å². The van der Waals surface area contributed by atoms with Gasteiger partial charge in [0.1, 0.15) is 12.4 Å². The molecule has 0 aliphatic carbocycles. The van der Waals surface area contributed by atoms with Crippen LogP contribution in [0.1, 0.15) is 35.2 Å². The molecule has 0 saturated heterocycles. The van der Waals surface area contributed by atoms with Gasteiger partial charge in [-0.25, -0.2) is 14.2 Å². The molecule has 1 aliphatic rings. The van der Waals surface area contributed by atoms with Gasteiger partial charge in [0.15, 0.2) is 16.3 Å². The minimum absolute atomic E-state index is 0.0358. The number of non-ortho nitro benzene ring substituents is 1. The van der Waals surface area contributed by atoms with Gasteiger partial charge in [0.2, 0.25) is 0 Å². The number of halogens is 2. The highest BCUT2D eigenvalue weighted by Gasteiger charge is 2.35. The van der Waals surface area contributed by atoms with Crippen molar-refractivity contribution in [3.8, 4) is 11.5 Å². The minimum Gasteiger partial charge on any atom is -0.493 e. The second-order valence-electron chi connectivity index (χ2n) is 10.7. The fraction of sp³-hybridized carbons (Fsp3) is 0.139. The first-order chi connectivity index (χ1) is 23.7. The van der Waals surface area contributed by atoms with Crippen LogP contribution in [0.3, 0.4) is 0 Å². The third-order valence-electron chi connectivity index (χ3n) is 7.64. The number of nitrogens with zero attached hydrogens (tertiary/aromatic N) is 3. The number of carbonyl (C=O) groups excluding carboxylic acids is 1. The molecule has 10 nitrogen and oxygen atoms in total. The van der Waals surface area contributed by atoms with Crippen molar-refractivity contribution in [3.05, 3.63) is 159 Å². The summed E-state index contributed by atoms with van der Waals surface area (Å²) < 4.78 is 32.7. The highest BCUT2D eigenvalue weighted by atomic mass is 35.5. The Balaban J connectivity index is 1.45. The normalized spacial score (nSPS) is 14.2. The summed E-state index contributed by atoms with van der Waals surface area (Å²) in [6.07, 6.45) is 1.64. The van der Waals surface area contributed by atoms with Gasteiger partial charge >= 0.3 is 5.97 Å². The van der Waals surface area contributed by atoms with Crippen molar-refractivity contribution in [1.82, 2.24) is 4.57 Å². The summed E-state index contributed by atoms with van der Waals surface area (Å²) >= 11 is 7.76. The predicted molar refractivity (Wildman–Crippen MR) is 183 cm³/mol. The van der Waals surface area contributed by atoms with E-state index in [0.29, 0.717) is 43.0 Å². The number of hydrogen-bond acceptors (Lipinski definition) is 9. The molecule has 2 heterocycles. The molecule has 1 aromatic heterocycles. The number of nitro benzene ring substituents is 1. The quantitative estimate of drug-likeness (QED) is 0.0963. The fourth-order valence-corrected chi connectivity index (χ4v) is 6.66. The Morgan fingerprint density at radius 3 is 2.45 bits per heavy atom. The van der Waals surface area contributed by atoms with Gasteiger partial charge < -0.3 is 14.2 Å².